The Morgan fingerprint density at radius 2 is 2.15 bits per heavy atom. The maximum absolute atomic E-state index is 5.32. The second-order valence-corrected chi connectivity index (χ2v) is 8.10. The topological polar surface area (TPSA) is 33.6 Å². The van der Waals surface area contributed by atoms with Gasteiger partial charge in [-0.2, -0.15) is 0 Å². The molecule has 110 valence electrons. The van der Waals surface area contributed by atoms with Crippen molar-refractivity contribution in [2.24, 2.45) is 10.9 Å². The van der Waals surface area contributed by atoms with Gasteiger partial charge in [0.2, 0.25) is 0 Å². The van der Waals surface area contributed by atoms with Crippen molar-refractivity contribution >= 4 is 54.5 Å². The number of nitrogens with zero attached hydrogens (tertiary/aromatic N) is 1. The molecule has 0 aromatic heterocycles. The molecule has 0 amide bonds. The van der Waals surface area contributed by atoms with Crippen LogP contribution in [0.15, 0.2) is 26.1 Å². The minimum Gasteiger partial charge on any atom is -0.495 e. The number of methoxy groups -OCH3 is 1. The van der Waals surface area contributed by atoms with E-state index in [0.29, 0.717) is 11.2 Å². The first-order valence-electron chi connectivity index (χ1n) is 6.50. The average Bonchev–Trinajstić information content (AvgIpc) is 2.79. The monoisotopic (exact) mass is 420 g/mol. The third-order valence-corrected chi connectivity index (χ3v) is 5.34. The lowest BCUT2D eigenvalue weighted by Crippen LogP contribution is -2.10. The van der Waals surface area contributed by atoms with Gasteiger partial charge < -0.3 is 10.1 Å². The number of aliphatic imine (C=N–C) groups is 1. The van der Waals surface area contributed by atoms with E-state index in [2.05, 4.69) is 56.0 Å². The van der Waals surface area contributed by atoms with E-state index in [-0.39, 0.29) is 0 Å². The van der Waals surface area contributed by atoms with Crippen molar-refractivity contribution in [1.82, 2.24) is 0 Å². The zero-order valence-electron chi connectivity index (χ0n) is 11.7. The molecule has 0 saturated carbocycles. The Morgan fingerprint density at radius 3 is 2.80 bits per heavy atom. The van der Waals surface area contributed by atoms with Crippen LogP contribution in [0.4, 0.5) is 5.69 Å². The molecule has 1 N–H and O–H groups in total. The van der Waals surface area contributed by atoms with E-state index < -0.39 is 0 Å². The predicted octanol–water partition coefficient (Wildman–Crippen LogP) is 5.15. The lowest BCUT2D eigenvalue weighted by atomic mass is 10.1. The van der Waals surface area contributed by atoms with Crippen molar-refractivity contribution in [1.29, 1.82) is 0 Å². The second kappa shape index (κ2) is 7.18. The van der Waals surface area contributed by atoms with Gasteiger partial charge >= 0.3 is 0 Å². The summed E-state index contributed by atoms with van der Waals surface area (Å²) in [4.78, 5) is 4.58. The van der Waals surface area contributed by atoms with Gasteiger partial charge in [-0.3, -0.25) is 4.99 Å². The summed E-state index contributed by atoms with van der Waals surface area (Å²) >= 11 is 8.86. The molecule has 20 heavy (non-hydrogen) atoms. The van der Waals surface area contributed by atoms with E-state index in [0.717, 1.165) is 32.1 Å². The fraction of sp³-hybridized carbons (Fsp3) is 0.500. The fourth-order valence-corrected chi connectivity index (χ4v) is 4.55. The third-order valence-electron chi connectivity index (χ3n) is 2.93. The molecule has 1 unspecified atom stereocenters. The third kappa shape index (κ3) is 4.15. The molecule has 3 nitrogen and oxygen atoms in total. The maximum Gasteiger partial charge on any atom is 0.161 e. The fourth-order valence-electron chi connectivity index (χ4n) is 2.03. The summed E-state index contributed by atoms with van der Waals surface area (Å²) in [6.07, 6.45) is 1.20. The average molecular weight is 422 g/mol. The van der Waals surface area contributed by atoms with Crippen molar-refractivity contribution in [2.75, 3.05) is 19.0 Å². The Balaban J connectivity index is 2.04. The predicted molar refractivity (Wildman–Crippen MR) is 95.2 cm³/mol. The lowest BCUT2D eigenvalue weighted by Gasteiger charge is -2.13. The summed E-state index contributed by atoms with van der Waals surface area (Å²) in [5.74, 6) is 1.51. The number of hydrogen-bond donors (Lipinski definition) is 1. The SMILES string of the molecule is COc1cc(NC2=NCC(CC(C)C)S2)c(Br)cc1Br. The van der Waals surface area contributed by atoms with E-state index in [9.17, 15) is 0 Å². The Morgan fingerprint density at radius 1 is 1.40 bits per heavy atom. The van der Waals surface area contributed by atoms with Crippen LogP contribution in [-0.2, 0) is 0 Å². The molecule has 1 aromatic rings. The number of nitrogens with one attached hydrogen (secondary N) is 1. The van der Waals surface area contributed by atoms with Gasteiger partial charge in [-0.1, -0.05) is 25.6 Å². The Hall–Kier alpha value is -0.200. The van der Waals surface area contributed by atoms with Crippen molar-refractivity contribution in [2.45, 2.75) is 25.5 Å². The quantitative estimate of drug-likeness (QED) is 0.729. The normalized spacial score (nSPS) is 18.3. The van der Waals surface area contributed by atoms with Crippen LogP contribution in [0.25, 0.3) is 0 Å². The van der Waals surface area contributed by atoms with Crippen molar-refractivity contribution in [3.63, 3.8) is 0 Å². The number of benzene rings is 1. The van der Waals surface area contributed by atoms with Gasteiger partial charge in [0.15, 0.2) is 5.17 Å². The van der Waals surface area contributed by atoms with Crippen molar-refractivity contribution in [3.8, 4) is 5.75 Å². The van der Waals surface area contributed by atoms with E-state index in [1.165, 1.54) is 6.42 Å². The first-order valence-corrected chi connectivity index (χ1v) is 8.97. The van der Waals surface area contributed by atoms with Gasteiger partial charge in [0.1, 0.15) is 5.75 Å². The Kier molecular flexibility index (Phi) is 5.81. The van der Waals surface area contributed by atoms with Crippen LogP contribution in [0.5, 0.6) is 5.75 Å². The van der Waals surface area contributed by atoms with E-state index in [4.69, 9.17) is 4.74 Å². The van der Waals surface area contributed by atoms with Gasteiger partial charge in [0, 0.05) is 15.8 Å². The van der Waals surface area contributed by atoms with Crippen LogP contribution in [0.2, 0.25) is 0 Å². The molecule has 1 aliphatic heterocycles. The number of halogens is 2. The van der Waals surface area contributed by atoms with Gasteiger partial charge in [-0.05, 0) is 50.3 Å². The molecule has 0 saturated heterocycles. The minimum atomic E-state index is 0.591. The number of hydrogen-bond acceptors (Lipinski definition) is 4. The molecule has 6 heteroatoms. The van der Waals surface area contributed by atoms with Crippen molar-refractivity contribution in [3.05, 3.63) is 21.1 Å². The first-order chi connectivity index (χ1) is 9.49. The lowest BCUT2D eigenvalue weighted by molar-refractivity contribution is 0.412. The molecular weight excluding hydrogens is 404 g/mol. The summed E-state index contributed by atoms with van der Waals surface area (Å²) in [7, 11) is 1.66. The summed E-state index contributed by atoms with van der Waals surface area (Å²) in [5.41, 5.74) is 0.974. The van der Waals surface area contributed by atoms with E-state index in [1.54, 1.807) is 7.11 Å². The maximum atomic E-state index is 5.32. The highest BCUT2D eigenvalue weighted by Crippen LogP contribution is 2.36. The van der Waals surface area contributed by atoms with Crippen LogP contribution >= 0.6 is 43.6 Å². The smallest absolute Gasteiger partial charge is 0.161 e. The van der Waals surface area contributed by atoms with E-state index in [1.807, 2.05) is 23.9 Å². The zero-order valence-corrected chi connectivity index (χ0v) is 15.7. The Labute approximate surface area is 141 Å². The molecular formula is C14H18Br2N2OS. The standard InChI is InChI=1S/C14H18Br2N2OS/c1-8(2)4-9-7-17-14(20-9)18-12-6-13(19-3)11(16)5-10(12)15/h5-6,8-9H,4,7H2,1-3H3,(H,17,18). The molecule has 0 aliphatic carbocycles. The largest absolute Gasteiger partial charge is 0.495 e. The second-order valence-electron chi connectivity index (χ2n) is 5.11. The molecule has 0 spiro atoms. The molecule has 1 atom stereocenters. The number of thioether (sulfide) groups is 1. The molecule has 1 aliphatic rings. The van der Waals surface area contributed by atoms with Gasteiger partial charge in [-0.15, -0.1) is 0 Å². The van der Waals surface area contributed by atoms with E-state index >= 15 is 0 Å². The van der Waals surface area contributed by atoms with Gasteiger partial charge in [0.25, 0.3) is 0 Å². The van der Waals surface area contributed by atoms with Gasteiger partial charge in [0.05, 0.1) is 23.8 Å². The van der Waals surface area contributed by atoms with Crippen molar-refractivity contribution < 1.29 is 4.74 Å². The highest BCUT2D eigenvalue weighted by Gasteiger charge is 2.21. The van der Waals surface area contributed by atoms with Crippen LogP contribution in [0, 0.1) is 5.92 Å². The van der Waals surface area contributed by atoms with Crippen LogP contribution in [0.1, 0.15) is 20.3 Å². The Bertz CT molecular complexity index is 520. The summed E-state index contributed by atoms with van der Waals surface area (Å²) < 4.78 is 7.24. The minimum absolute atomic E-state index is 0.591. The number of amidine groups is 1. The summed E-state index contributed by atoms with van der Waals surface area (Å²) in [6, 6.07) is 3.94. The highest BCUT2D eigenvalue weighted by molar-refractivity contribution is 9.11. The molecule has 2 rings (SSSR count). The number of anilines is 1. The summed E-state index contributed by atoms with van der Waals surface area (Å²) in [5, 5.41) is 4.96. The number of rotatable bonds is 4. The van der Waals surface area contributed by atoms with Crippen LogP contribution in [-0.4, -0.2) is 24.1 Å². The molecule has 0 fully saturated rings. The number of ether oxygens (including phenoxy) is 1. The molecule has 1 aromatic carbocycles. The zero-order chi connectivity index (χ0) is 14.7. The molecule has 0 bridgehead atoms. The summed E-state index contributed by atoms with van der Waals surface area (Å²) in [6.45, 7) is 5.40. The van der Waals surface area contributed by atoms with Gasteiger partial charge in [-0.25, -0.2) is 0 Å². The molecule has 1 heterocycles. The van der Waals surface area contributed by atoms with Crippen LogP contribution < -0.4 is 10.1 Å². The van der Waals surface area contributed by atoms with Crippen LogP contribution in [0.3, 0.4) is 0 Å². The highest BCUT2D eigenvalue weighted by atomic mass is 79.9. The first kappa shape index (κ1) is 16.2. The molecule has 0 radical (unpaired) electrons.